The molecule has 0 heterocycles. The van der Waals surface area contributed by atoms with E-state index in [1.807, 2.05) is 11.0 Å². The summed E-state index contributed by atoms with van der Waals surface area (Å²) in [6.07, 6.45) is 1.51. The molecule has 1 amide bonds. The maximum Gasteiger partial charge on any atom is 0.267 e. The minimum absolute atomic E-state index is 0.00261. The molecule has 0 atom stereocenters. The highest BCUT2D eigenvalue weighted by atomic mass is 35.5. The highest BCUT2D eigenvalue weighted by Crippen LogP contribution is 2.15. The second kappa shape index (κ2) is 10.6. The van der Waals surface area contributed by atoms with Crippen LogP contribution in [0.25, 0.3) is 0 Å². The Balaban J connectivity index is 2.81. The number of methoxy groups -OCH3 is 2. The van der Waals surface area contributed by atoms with Gasteiger partial charge in [0.05, 0.1) is 13.2 Å². The summed E-state index contributed by atoms with van der Waals surface area (Å²) in [5, 5.41) is 12.4. The largest absolute Gasteiger partial charge is 0.383 e. The fourth-order valence-corrected chi connectivity index (χ4v) is 1.93. The van der Waals surface area contributed by atoms with E-state index < -0.39 is 5.91 Å². The lowest BCUT2D eigenvalue weighted by Crippen LogP contribution is -2.27. The van der Waals surface area contributed by atoms with Crippen LogP contribution in [0.15, 0.2) is 36.0 Å². The summed E-state index contributed by atoms with van der Waals surface area (Å²) in [6.45, 7) is 2.06. The van der Waals surface area contributed by atoms with Crippen LogP contribution in [0.5, 0.6) is 0 Å². The molecule has 1 aromatic carbocycles. The molecule has 0 aliphatic rings. The predicted octanol–water partition coefficient (Wildman–Crippen LogP) is 2.28. The smallest absolute Gasteiger partial charge is 0.267 e. The van der Waals surface area contributed by atoms with E-state index in [4.69, 9.17) is 21.1 Å². The van der Waals surface area contributed by atoms with Crippen LogP contribution in [0.4, 0.5) is 5.69 Å². The van der Waals surface area contributed by atoms with E-state index in [0.717, 1.165) is 0 Å². The third-order valence-corrected chi connectivity index (χ3v) is 3.16. The number of ether oxygens (including phenoxy) is 2. The van der Waals surface area contributed by atoms with Crippen molar-refractivity contribution in [3.8, 4) is 6.07 Å². The Kier molecular flexibility index (Phi) is 8.76. The Morgan fingerprint density at radius 3 is 2.52 bits per heavy atom. The van der Waals surface area contributed by atoms with E-state index in [-0.39, 0.29) is 5.57 Å². The SMILES string of the molecule is COCCN(/C=C(/C#N)C(=O)Nc1cccc(Cl)c1)CCOC. The zero-order chi connectivity index (χ0) is 17.1. The number of benzene rings is 1. The molecule has 0 fully saturated rings. The molecular weight excluding hydrogens is 318 g/mol. The van der Waals surface area contributed by atoms with Gasteiger partial charge in [0.2, 0.25) is 0 Å². The van der Waals surface area contributed by atoms with Gasteiger partial charge in [-0.25, -0.2) is 0 Å². The van der Waals surface area contributed by atoms with Crippen molar-refractivity contribution in [3.05, 3.63) is 41.1 Å². The quantitative estimate of drug-likeness (QED) is 0.552. The van der Waals surface area contributed by atoms with Crippen molar-refractivity contribution >= 4 is 23.2 Å². The molecule has 0 bridgehead atoms. The van der Waals surface area contributed by atoms with Gasteiger partial charge in [0.15, 0.2) is 0 Å². The van der Waals surface area contributed by atoms with E-state index in [1.165, 1.54) is 6.20 Å². The molecule has 0 spiro atoms. The zero-order valence-electron chi connectivity index (χ0n) is 13.2. The number of carbonyl (C=O) groups is 1. The zero-order valence-corrected chi connectivity index (χ0v) is 14.0. The van der Waals surface area contributed by atoms with Crippen molar-refractivity contribution in [1.82, 2.24) is 4.90 Å². The van der Waals surface area contributed by atoms with Crippen LogP contribution in [0.3, 0.4) is 0 Å². The van der Waals surface area contributed by atoms with Crippen molar-refractivity contribution in [3.63, 3.8) is 0 Å². The molecule has 0 aliphatic heterocycles. The Morgan fingerprint density at radius 1 is 1.35 bits per heavy atom. The molecule has 0 saturated heterocycles. The van der Waals surface area contributed by atoms with Crippen LogP contribution in [0.1, 0.15) is 0 Å². The standard InChI is InChI=1S/C16H20ClN3O3/c1-22-8-6-20(7-9-23-2)12-13(11-18)16(21)19-15-5-3-4-14(17)10-15/h3-5,10,12H,6-9H2,1-2H3,(H,19,21)/b13-12-. The highest BCUT2D eigenvalue weighted by molar-refractivity contribution is 6.31. The lowest BCUT2D eigenvalue weighted by molar-refractivity contribution is -0.112. The normalized spacial score (nSPS) is 11.0. The average Bonchev–Trinajstić information content (AvgIpc) is 2.54. The summed E-state index contributed by atoms with van der Waals surface area (Å²) < 4.78 is 10.1. The van der Waals surface area contributed by atoms with Gasteiger partial charge in [0.25, 0.3) is 5.91 Å². The summed E-state index contributed by atoms with van der Waals surface area (Å²) >= 11 is 5.87. The van der Waals surface area contributed by atoms with E-state index in [9.17, 15) is 10.1 Å². The van der Waals surface area contributed by atoms with E-state index in [1.54, 1.807) is 38.5 Å². The first-order valence-electron chi connectivity index (χ1n) is 7.01. The summed E-state index contributed by atoms with van der Waals surface area (Å²) in [7, 11) is 3.19. The molecular formula is C16H20ClN3O3. The lowest BCUT2D eigenvalue weighted by atomic mass is 10.2. The molecule has 124 valence electrons. The first-order valence-corrected chi connectivity index (χ1v) is 7.39. The molecule has 1 N–H and O–H groups in total. The summed E-state index contributed by atoms with van der Waals surface area (Å²) in [5.74, 6) is -0.491. The van der Waals surface area contributed by atoms with Crippen molar-refractivity contribution in [2.75, 3.05) is 45.8 Å². The van der Waals surface area contributed by atoms with Gasteiger partial charge in [-0.05, 0) is 18.2 Å². The molecule has 0 saturated carbocycles. The summed E-state index contributed by atoms with van der Waals surface area (Å²) in [4.78, 5) is 14.0. The molecule has 6 nitrogen and oxygen atoms in total. The van der Waals surface area contributed by atoms with Gasteiger partial charge in [0.1, 0.15) is 11.6 Å². The van der Waals surface area contributed by atoms with Gasteiger partial charge >= 0.3 is 0 Å². The second-order valence-electron chi connectivity index (χ2n) is 4.64. The van der Waals surface area contributed by atoms with Crippen molar-refractivity contribution in [2.45, 2.75) is 0 Å². The van der Waals surface area contributed by atoms with Crippen molar-refractivity contribution < 1.29 is 14.3 Å². The van der Waals surface area contributed by atoms with Crippen LogP contribution in [-0.4, -0.2) is 51.3 Å². The van der Waals surface area contributed by atoms with Crippen LogP contribution in [0, 0.1) is 11.3 Å². The Bertz CT molecular complexity index is 576. The molecule has 0 aliphatic carbocycles. The Morgan fingerprint density at radius 2 is 2.00 bits per heavy atom. The molecule has 0 radical (unpaired) electrons. The van der Waals surface area contributed by atoms with Crippen LogP contribution >= 0.6 is 11.6 Å². The van der Waals surface area contributed by atoms with Gasteiger partial charge in [0, 0.05) is 44.2 Å². The van der Waals surface area contributed by atoms with Crippen molar-refractivity contribution in [1.29, 1.82) is 5.26 Å². The molecule has 23 heavy (non-hydrogen) atoms. The highest BCUT2D eigenvalue weighted by Gasteiger charge is 2.12. The number of carbonyl (C=O) groups excluding carboxylic acids is 1. The fourth-order valence-electron chi connectivity index (χ4n) is 1.74. The van der Waals surface area contributed by atoms with E-state index in [0.29, 0.717) is 37.0 Å². The van der Waals surface area contributed by atoms with Gasteiger partial charge < -0.3 is 19.7 Å². The Hall–Kier alpha value is -2.07. The topological polar surface area (TPSA) is 74.6 Å². The minimum Gasteiger partial charge on any atom is -0.383 e. The molecule has 1 rings (SSSR count). The number of hydrogen-bond acceptors (Lipinski definition) is 5. The first-order chi connectivity index (χ1) is 11.1. The van der Waals surface area contributed by atoms with Crippen LogP contribution in [-0.2, 0) is 14.3 Å². The average molecular weight is 338 g/mol. The van der Waals surface area contributed by atoms with Gasteiger partial charge in [-0.15, -0.1) is 0 Å². The first kappa shape index (κ1) is 19.0. The molecule has 0 aromatic heterocycles. The van der Waals surface area contributed by atoms with Gasteiger partial charge in [-0.1, -0.05) is 17.7 Å². The van der Waals surface area contributed by atoms with Crippen LogP contribution < -0.4 is 5.32 Å². The van der Waals surface area contributed by atoms with Gasteiger partial charge in [-0.3, -0.25) is 4.79 Å². The number of halogens is 1. The number of amides is 1. The molecule has 7 heteroatoms. The number of hydrogen-bond donors (Lipinski definition) is 1. The third kappa shape index (κ3) is 7.15. The van der Waals surface area contributed by atoms with Gasteiger partial charge in [-0.2, -0.15) is 5.26 Å². The van der Waals surface area contributed by atoms with Crippen molar-refractivity contribution in [2.24, 2.45) is 0 Å². The summed E-state index contributed by atoms with van der Waals surface area (Å²) in [5.41, 5.74) is 0.529. The molecule has 1 aromatic rings. The Labute approximate surface area is 141 Å². The second-order valence-corrected chi connectivity index (χ2v) is 5.08. The predicted molar refractivity (Wildman–Crippen MR) is 89.1 cm³/mol. The minimum atomic E-state index is -0.491. The number of anilines is 1. The van der Waals surface area contributed by atoms with E-state index in [2.05, 4.69) is 5.32 Å². The van der Waals surface area contributed by atoms with Crippen LogP contribution in [0.2, 0.25) is 5.02 Å². The summed E-state index contributed by atoms with van der Waals surface area (Å²) in [6, 6.07) is 8.65. The number of nitriles is 1. The number of nitrogens with one attached hydrogen (secondary N) is 1. The number of rotatable bonds is 9. The number of nitrogens with zero attached hydrogens (tertiary/aromatic N) is 2. The monoisotopic (exact) mass is 337 g/mol. The molecule has 0 unspecified atom stereocenters. The fraction of sp³-hybridized carbons (Fsp3) is 0.375. The third-order valence-electron chi connectivity index (χ3n) is 2.92. The lowest BCUT2D eigenvalue weighted by Gasteiger charge is -2.20. The van der Waals surface area contributed by atoms with E-state index >= 15 is 0 Å². The maximum absolute atomic E-state index is 12.2. The maximum atomic E-state index is 12.2.